The summed E-state index contributed by atoms with van der Waals surface area (Å²) in [5, 5.41) is 29.8. The average Bonchev–Trinajstić information content (AvgIpc) is 3.34. The molecule has 1 aromatic carbocycles. The van der Waals surface area contributed by atoms with Crippen molar-refractivity contribution in [1.29, 1.82) is 0 Å². The lowest BCUT2D eigenvalue weighted by molar-refractivity contribution is -0.142. The Hall–Kier alpha value is -4.46. The number of aliphatic carboxylic acids is 2. The van der Waals surface area contributed by atoms with E-state index in [1.807, 2.05) is 38.1 Å². The van der Waals surface area contributed by atoms with Gasteiger partial charge < -0.3 is 42.2 Å². The monoisotopic (exact) mass is 602 g/mol. The SMILES string of the molecule is CC(C)CC(NC(=O)C(CCC(=O)O)NC(=O)CN)C(=O)NC(C(=O)NC(Cc1c[nH]c2ccccc12)C(=O)O)C(C)C. The normalized spacial score (nSPS) is 14.0. The summed E-state index contributed by atoms with van der Waals surface area (Å²) in [6, 6.07) is 2.56. The first-order valence-electron chi connectivity index (χ1n) is 14.1. The Kier molecular flexibility index (Phi) is 13.1. The second kappa shape index (κ2) is 16.2. The topological polar surface area (TPSA) is 233 Å². The van der Waals surface area contributed by atoms with Gasteiger partial charge in [0.1, 0.15) is 24.2 Å². The number of rotatable bonds is 17. The smallest absolute Gasteiger partial charge is 0.326 e. The van der Waals surface area contributed by atoms with Crippen molar-refractivity contribution < 1.29 is 39.0 Å². The zero-order valence-electron chi connectivity index (χ0n) is 24.8. The van der Waals surface area contributed by atoms with Gasteiger partial charge in [0.2, 0.25) is 23.6 Å². The van der Waals surface area contributed by atoms with Gasteiger partial charge in [-0.3, -0.25) is 24.0 Å². The van der Waals surface area contributed by atoms with Crippen molar-refractivity contribution in [3.05, 3.63) is 36.0 Å². The molecular formula is C29H42N6O8. The van der Waals surface area contributed by atoms with Crippen molar-refractivity contribution in [3.8, 4) is 0 Å². The molecule has 236 valence electrons. The minimum absolute atomic E-state index is 0.00211. The molecular weight excluding hydrogens is 560 g/mol. The molecule has 1 heterocycles. The van der Waals surface area contributed by atoms with E-state index in [9.17, 15) is 33.9 Å². The first-order valence-corrected chi connectivity index (χ1v) is 14.1. The van der Waals surface area contributed by atoms with Crippen molar-refractivity contribution in [2.24, 2.45) is 17.6 Å². The van der Waals surface area contributed by atoms with Gasteiger partial charge in [-0.1, -0.05) is 45.9 Å². The van der Waals surface area contributed by atoms with Crippen LogP contribution in [0.2, 0.25) is 0 Å². The lowest BCUT2D eigenvalue weighted by atomic mass is 9.98. The first-order chi connectivity index (χ1) is 20.2. The van der Waals surface area contributed by atoms with E-state index in [4.69, 9.17) is 10.8 Å². The van der Waals surface area contributed by atoms with Crippen LogP contribution in [0.4, 0.5) is 0 Å². The average molecular weight is 603 g/mol. The van der Waals surface area contributed by atoms with E-state index in [0.717, 1.165) is 10.9 Å². The molecule has 1 aromatic heterocycles. The minimum atomic E-state index is -1.28. The Bertz CT molecular complexity index is 1310. The van der Waals surface area contributed by atoms with Gasteiger partial charge in [-0.05, 0) is 36.3 Å². The number of carboxylic acids is 2. The van der Waals surface area contributed by atoms with Gasteiger partial charge in [-0.15, -0.1) is 0 Å². The second-order valence-electron chi connectivity index (χ2n) is 11.1. The fourth-order valence-electron chi connectivity index (χ4n) is 4.54. The Morgan fingerprint density at radius 2 is 1.47 bits per heavy atom. The molecule has 0 fully saturated rings. The van der Waals surface area contributed by atoms with Crippen LogP contribution in [0.15, 0.2) is 30.5 Å². The Morgan fingerprint density at radius 1 is 0.837 bits per heavy atom. The van der Waals surface area contributed by atoms with Crippen LogP contribution in [0.5, 0.6) is 0 Å². The summed E-state index contributed by atoms with van der Waals surface area (Å²) < 4.78 is 0. The van der Waals surface area contributed by atoms with E-state index >= 15 is 0 Å². The number of carboxylic acid groups (broad SMARTS) is 2. The standard InChI is InChI=1S/C29H42N6O8/c1-15(2)11-21(33-26(39)20(9-10-24(37)38)32-23(36)13-30)27(40)35-25(16(3)4)28(41)34-22(29(42)43)12-17-14-31-19-8-6-5-7-18(17)19/h5-8,14-16,20-22,25,31H,9-13,30H2,1-4H3,(H,32,36)(H,33,39)(H,34,41)(H,35,40)(H,37,38)(H,42,43). The van der Waals surface area contributed by atoms with Crippen LogP contribution in [0.25, 0.3) is 10.9 Å². The highest BCUT2D eigenvalue weighted by Gasteiger charge is 2.33. The van der Waals surface area contributed by atoms with Crippen LogP contribution in [-0.4, -0.2) is 81.5 Å². The summed E-state index contributed by atoms with van der Waals surface area (Å²) >= 11 is 0. The zero-order valence-corrected chi connectivity index (χ0v) is 24.8. The number of aromatic nitrogens is 1. The van der Waals surface area contributed by atoms with Crippen molar-refractivity contribution in [1.82, 2.24) is 26.3 Å². The summed E-state index contributed by atoms with van der Waals surface area (Å²) in [6.07, 6.45) is 1.21. The van der Waals surface area contributed by atoms with E-state index in [1.165, 1.54) is 0 Å². The molecule has 4 atom stereocenters. The van der Waals surface area contributed by atoms with E-state index < -0.39 is 78.6 Å². The molecule has 0 bridgehead atoms. The summed E-state index contributed by atoms with van der Waals surface area (Å²) in [5.41, 5.74) is 6.84. The number of aromatic amines is 1. The largest absolute Gasteiger partial charge is 0.481 e. The molecule has 4 amide bonds. The third-order valence-corrected chi connectivity index (χ3v) is 6.78. The minimum Gasteiger partial charge on any atom is -0.481 e. The van der Waals surface area contributed by atoms with Gasteiger partial charge in [-0.25, -0.2) is 4.79 Å². The van der Waals surface area contributed by atoms with Gasteiger partial charge in [0.15, 0.2) is 0 Å². The van der Waals surface area contributed by atoms with Crippen LogP contribution in [-0.2, 0) is 35.2 Å². The highest BCUT2D eigenvalue weighted by Crippen LogP contribution is 2.19. The molecule has 4 unspecified atom stereocenters. The third-order valence-electron chi connectivity index (χ3n) is 6.78. The number of fused-ring (bicyclic) bond motifs is 1. The summed E-state index contributed by atoms with van der Waals surface area (Å²) in [6.45, 7) is 6.58. The van der Waals surface area contributed by atoms with Gasteiger partial charge in [0, 0.05) is 29.9 Å². The van der Waals surface area contributed by atoms with Crippen LogP contribution in [0.3, 0.4) is 0 Å². The molecule has 0 spiro atoms. The highest BCUT2D eigenvalue weighted by atomic mass is 16.4. The number of H-pyrrole nitrogens is 1. The number of nitrogens with two attached hydrogens (primary N) is 1. The maximum Gasteiger partial charge on any atom is 0.326 e. The number of benzene rings is 1. The van der Waals surface area contributed by atoms with Crippen molar-refractivity contribution in [3.63, 3.8) is 0 Å². The van der Waals surface area contributed by atoms with Crippen LogP contribution < -0.4 is 27.0 Å². The molecule has 0 aliphatic carbocycles. The van der Waals surface area contributed by atoms with E-state index in [0.29, 0.717) is 5.56 Å². The maximum atomic E-state index is 13.4. The van der Waals surface area contributed by atoms with E-state index in [1.54, 1.807) is 20.0 Å². The molecule has 2 aromatic rings. The third kappa shape index (κ3) is 10.7. The number of carbonyl (C=O) groups is 6. The highest BCUT2D eigenvalue weighted by molar-refractivity contribution is 5.95. The van der Waals surface area contributed by atoms with Crippen molar-refractivity contribution in [2.75, 3.05) is 6.54 Å². The lowest BCUT2D eigenvalue weighted by Gasteiger charge is -2.28. The maximum absolute atomic E-state index is 13.4. The van der Waals surface area contributed by atoms with Crippen molar-refractivity contribution >= 4 is 46.5 Å². The Labute approximate surface area is 249 Å². The van der Waals surface area contributed by atoms with Crippen LogP contribution in [0.1, 0.15) is 52.5 Å². The number of amides is 4. The molecule has 2 rings (SSSR count). The number of hydrogen-bond acceptors (Lipinski definition) is 7. The van der Waals surface area contributed by atoms with E-state index in [2.05, 4.69) is 26.3 Å². The molecule has 0 saturated carbocycles. The van der Waals surface area contributed by atoms with Gasteiger partial charge in [0.25, 0.3) is 0 Å². The molecule has 0 radical (unpaired) electrons. The first kappa shape index (κ1) is 34.7. The number of carbonyl (C=O) groups excluding carboxylic acids is 4. The summed E-state index contributed by atoms with van der Waals surface area (Å²) in [5.74, 6) is -5.80. The quantitative estimate of drug-likeness (QED) is 0.124. The number of para-hydroxylation sites is 1. The van der Waals surface area contributed by atoms with Crippen LogP contribution >= 0.6 is 0 Å². The van der Waals surface area contributed by atoms with Crippen molar-refractivity contribution in [2.45, 2.75) is 77.5 Å². The fourth-order valence-corrected chi connectivity index (χ4v) is 4.54. The van der Waals surface area contributed by atoms with Gasteiger partial charge in [0.05, 0.1) is 6.54 Å². The Balaban J connectivity index is 2.19. The lowest BCUT2D eigenvalue weighted by Crippen LogP contribution is -2.59. The molecule has 0 aliphatic rings. The molecule has 0 aliphatic heterocycles. The molecule has 14 nitrogen and oxygen atoms in total. The predicted molar refractivity (Wildman–Crippen MR) is 158 cm³/mol. The molecule has 14 heteroatoms. The summed E-state index contributed by atoms with van der Waals surface area (Å²) in [7, 11) is 0. The predicted octanol–water partition coefficient (Wildman–Crippen LogP) is 0.260. The fraction of sp³-hybridized carbons (Fsp3) is 0.517. The van der Waals surface area contributed by atoms with Gasteiger partial charge in [-0.2, -0.15) is 0 Å². The van der Waals surface area contributed by atoms with E-state index in [-0.39, 0.29) is 25.2 Å². The number of hydrogen-bond donors (Lipinski definition) is 8. The zero-order chi connectivity index (χ0) is 32.3. The van der Waals surface area contributed by atoms with Gasteiger partial charge >= 0.3 is 11.9 Å². The molecule has 0 saturated heterocycles. The Morgan fingerprint density at radius 3 is 2.05 bits per heavy atom. The second-order valence-corrected chi connectivity index (χ2v) is 11.1. The molecule has 9 N–H and O–H groups in total. The number of nitrogens with one attached hydrogen (secondary N) is 5. The van der Waals surface area contributed by atoms with Crippen LogP contribution in [0, 0.1) is 11.8 Å². The summed E-state index contributed by atoms with van der Waals surface area (Å²) in [4.78, 5) is 77.8. The molecule has 43 heavy (non-hydrogen) atoms.